The molecule has 3 amide bonds. The molecule has 1 fully saturated rings. The number of nitro benzene ring substituents is 1. The second-order valence-electron chi connectivity index (χ2n) is 3.79. The number of carbonyl (C=O) groups excluding carboxylic acids is 2. The van der Waals surface area contributed by atoms with Gasteiger partial charge in [-0.2, -0.15) is 0 Å². The Morgan fingerprint density at radius 2 is 2.00 bits per heavy atom. The molecule has 1 aromatic carbocycles. The molecule has 1 aliphatic rings. The van der Waals surface area contributed by atoms with Crippen LogP contribution in [0.3, 0.4) is 0 Å². The fourth-order valence-electron chi connectivity index (χ4n) is 1.63. The van der Waals surface area contributed by atoms with Crippen LogP contribution in [0, 0.1) is 10.1 Å². The second-order valence-corrected chi connectivity index (χ2v) is 3.79. The van der Waals surface area contributed by atoms with E-state index in [1.165, 1.54) is 19.3 Å². The SMILES string of the molecule is COc1cc(/C=C2\NC(=O)NC2=O)cc([N+](=O)[O-])c1[O-]. The van der Waals surface area contributed by atoms with Crippen molar-refractivity contribution < 1.29 is 24.4 Å². The van der Waals surface area contributed by atoms with Crippen molar-refractivity contribution in [3.8, 4) is 11.5 Å². The third-order valence-electron chi connectivity index (χ3n) is 2.51. The molecule has 20 heavy (non-hydrogen) atoms. The van der Waals surface area contributed by atoms with Crippen LogP contribution in [0.15, 0.2) is 17.8 Å². The van der Waals surface area contributed by atoms with Crippen LogP contribution >= 0.6 is 0 Å². The summed E-state index contributed by atoms with van der Waals surface area (Å²) in [6, 6.07) is 1.54. The molecular weight excluding hydrogens is 270 g/mol. The Bertz CT molecular complexity index is 652. The summed E-state index contributed by atoms with van der Waals surface area (Å²) in [5.41, 5.74) is -0.577. The first-order chi connectivity index (χ1) is 9.42. The predicted molar refractivity (Wildman–Crippen MR) is 63.7 cm³/mol. The number of hydrogen-bond acceptors (Lipinski definition) is 6. The topological polar surface area (TPSA) is 134 Å². The van der Waals surface area contributed by atoms with Gasteiger partial charge in [0.2, 0.25) is 0 Å². The van der Waals surface area contributed by atoms with Crippen molar-refractivity contribution in [2.75, 3.05) is 7.11 Å². The lowest BCUT2D eigenvalue weighted by Gasteiger charge is -2.13. The minimum absolute atomic E-state index is 0.0787. The number of carbonyl (C=O) groups is 2. The normalized spacial score (nSPS) is 15.9. The van der Waals surface area contributed by atoms with Crippen LogP contribution in [0.25, 0.3) is 6.08 Å². The monoisotopic (exact) mass is 278 g/mol. The lowest BCUT2D eigenvalue weighted by atomic mass is 10.1. The smallest absolute Gasteiger partial charge is 0.326 e. The molecule has 0 aliphatic carbocycles. The highest BCUT2D eigenvalue weighted by Crippen LogP contribution is 2.35. The fraction of sp³-hybridized carbons (Fsp3) is 0.0909. The van der Waals surface area contributed by atoms with Crippen molar-refractivity contribution in [3.05, 3.63) is 33.5 Å². The van der Waals surface area contributed by atoms with Crippen LogP contribution in [0.4, 0.5) is 10.5 Å². The molecule has 0 saturated carbocycles. The fourth-order valence-corrected chi connectivity index (χ4v) is 1.63. The molecule has 0 aromatic heterocycles. The van der Waals surface area contributed by atoms with Crippen LogP contribution < -0.4 is 20.5 Å². The van der Waals surface area contributed by atoms with Crippen LogP contribution in [0.2, 0.25) is 0 Å². The molecule has 0 radical (unpaired) electrons. The largest absolute Gasteiger partial charge is 0.865 e. The molecule has 0 spiro atoms. The lowest BCUT2D eigenvalue weighted by molar-refractivity contribution is -0.398. The number of ether oxygens (including phenoxy) is 1. The maximum atomic E-state index is 11.6. The van der Waals surface area contributed by atoms with Gasteiger partial charge in [0.1, 0.15) is 11.4 Å². The van der Waals surface area contributed by atoms with E-state index in [4.69, 9.17) is 4.74 Å². The molecule has 0 unspecified atom stereocenters. The molecule has 0 atom stereocenters. The van der Waals surface area contributed by atoms with Crippen molar-refractivity contribution in [3.63, 3.8) is 0 Å². The van der Waals surface area contributed by atoms with Gasteiger partial charge in [0.15, 0.2) is 0 Å². The maximum Gasteiger partial charge on any atom is 0.326 e. The quantitative estimate of drug-likeness (QED) is 0.342. The minimum atomic E-state index is -0.862. The third-order valence-corrected chi connectivity index (χ3v) is 2.51. The van der Waals surface area contributed by atoms with Gasteiger partial charge in [0, 0.05) is 11.8 Å². The Hall–Kier alpha value is -3.10. The van der Waals surface area contributed by atoms with E-state index in [9.17, 15) is 24.8 Å². The zero-order valence-electron chi connectivity index (χ0n) is 10.1. The van der Waals surface area contributed by atoms with Gasteiger partial charge in [-0.25, -0.2) is 4.79 Å². The summed E-state index contributed by atoms with van der Waals surface area (Å²) in [6.45, 7) is 0. The minimum Gasteiger partial charge on any atom is -0.865 e. The molecule has 2 N–H and O–H groups in total. The molecule has 1 saturated heterocycles. The first-order valence-electron chi connectivity index (χ1n) is 5.30. The van der Waals surface area contributed by atoms with E-state index in [1.807, 2.05) is 5.32 Å². The highest BCUT2D eigenvalue weighted by Gasteiger charge is 2.23. The number of benzene rings is 1. The summed E-state index contributed by atoms with van der Waals surface area (Å²) in [5.74, 6) is -1.75. The highest BCUT2D eigenvalue weighted by molar-refractivity contribution is 6.14. The van der Waals surface area contributed by atoms with Crippen LogP contribution in [0.5, 0.6) is 11.5 Å². The Balaban J connectivity index is 2.50. The summed E-state index contributed by atoms with van der Waals surface area (Å²) in [7, 11) is 1.20. The van der Waals surface area contributed by atoms with E-state index < -0.39 is 28.3 Å². The van der Waals surface area contributed by atoms with E-state index >= 15 is 0 Å². The van der Waals surface area contributed by atoms with Gasteiger partial charge in [0.25, 0.3) is 11.6 Å². The standard InChI is InChI=1S/C11H9N3O6/c1-20-8-4-5(3-7(9(8)15)14(18)19)2-6-10(16)13-11(17)12-6/h2-4,15H,1H3,(H2,12,13,16,17)/p-1/b6-2-. The number of nitrogens with zero attached hydrogens (tertiary/aromatic N) is 1. The van der Waals surface area contributed by atoms with Gasteiger partial charge in [0.05, 0.1) is 12.0 Å². The zero-order chi connectivity index (χ0) is 14.9. The molecule has 1 aliphatic heterocycles. The average molecular weight is 278 g/mol. The first kappa shape index (κ1) is 13.3. The third kappa shape index (κ3) is 2.36. The second kappa shape index (κ2) is 4.88. The molecule has 9 nitrogen and oxygen atoms in total. The number of nitro groups is 1. The summed E-state index contributed by atoms with van der Waals surface area (Å²) in [4.78, 5) is 32.2. The van der Waals surface area contributed by atoms with Crippen LogP contribution in [0.1, 0.15) is 5.56 Å². The number of rotatable bonds is 3. The molecule has 9 heteroatoms. The maximum absolute atomic E-state index is 11.6. The summed E-state index contributed by atoms with van der Waals surface area (Å²) in [6.07, 6.45) is 1.20. The molecular formula is C11H8N3O6-. The summed E-state index contributed by atoms with van der Waals surface area (Å²) in [5, 5.41) is 26.6. The van der Waals surface area contributed by atoms with Gasteiger partial charge in [-0.3, -0.25) is 20.2 Å². The van der Waals surface area contributed by atoms with E-state index in [1.54, 1.807) is 0 Å². The molecule has 0 bridgehead atoms. The van der Waals surface area contributed by atoms with E-state index in [0.29, 0.717) is 0 Å². The van der Waals surface area contributed by atoms with Gasteiger partial charge < -0.3 is 15.2 Å². The Labute approximate surface area is 112 Å². The predicted octanol–water partition coefficient (Wildman–Crippen LogP) is -0.143. The van der Waals surface area contributed by atoms with Gasteiger partial charge in [-0.05, 0) is 17.7 Å². The summed E-state index contributed by atoms with van der Waals surface area (Å²) >= 11 is 0. The van der Waals surface area contributed by atoms with E-state index in [-0.39, 0.29) is 17.0 Å². The Morgan fingerprint density at radius 3 is 2.50 bits per heavy atom. The zero-order valence-corrected chi connectivity index (χ0v) is 10.1. The van der Waals surface area contributed by atoms with Gasteiger partial charge >= 0.3 is 6.03 Å². The molecule has 104 valence electrons. The average Bonchev–Trinajstić information content (AvgIpc) is 2.69. The number of nitrogens with one attached hydrogen (secondary N) is 2. The molecule has 1 aromatic rings. The van der Waals surface area contributed by atoms with E-state index in [2.05, 4.69) is 5.32 Å². The number of amides is 3. The van der Waals surface area contributed by atoms with Crippen LogP contribution in [-0.2, 0) is 4.79 Å². The number of urea groups is 1. The van der Waals surface area contributed by atoms with Crippen molar-refractivity contribution >= 4 is 23.7 Å². The van der Waals surface area contributed by atoms with Gasteiger partial charge in [-0.1, -0.05) is 0 Å². The van der Waals surface area contributed by atoms with E-state index in [0.717, 1.165) is 6.07 Å². The lowest BCUT2D eigenvalue weighted by Crippen LogP contribution is -2.22. The number of imide groups is 1. The highest BCUT2D eigenvalue weighted by atomic mass is 16.6. The number of hydrogen-bond donors (Lipinski definition) is 2. The molecule has 2 rings (SSSR count). The van der Waals surface area contributed by atoms with Crippen molar-refractivity contribution in [2.45, 2.75) is 0 Å². The van der Waals surface area contributed by atoms with Crippen molar-refractivity contribution in [2.24, 2.45) is 0 Å². The number of methoxy groups -OCH3 is 1. The Morgan fingerprint density at radius 1 is 1.30 bits per heavy atom. The first-order valence-corrected chi connectivity index (χ1v) is 5.30. The Kier molecular flexibility index (Phi) is 3.25. The van der Waals surface area contributed by atoms with Crippen molar-refractivity contribution in [1.29, 1.82) is 0 Å². The summed E-state index contributed by atoms with van der Waals surface area (Å²) < 4.78 is 4.75. The van der Waals surface area contributed by atoms with Crippen LogP contribution in [-0.4, -0.2) is 24.0 Å². The molecule has 1 heterocycles. The van der Waals surface area contributed by atoms with Gasteiger partial charge in [-0.15, -0.1) is 0 Å². The van der Waals surface area contributed by atoms with Crippen molar-refractivity contribution in [1.82, 2.24) is 10.6 Å².